The highest BCUT2D eigenvalue weighted by atomic mass is 16.3. The molecule has 0 radical (unpaired) electrons. The van der Waals surface area contributed by atoms with Crippen molar-refractivity contribution in [1.29, 1.82) is 0 Å². The average Bonchev–Trinajstić information content (AvgIpc) is 2.90. The molecule has 114 valence electrons. The van der Waals surface area contributed by atoms with Crippen molar-refractivity contribution in [3.05, 3.63) is 30.3 Å². The lowest BCUT2D eigenvalue weighted by Gasteiger charge is -2.41. The fraction of sp³-hybridized carbons (Fsp3) is 0.588. The molecule has 3 rings (SSSR count). The quantitative estimate of drug-likeness (QED) is 0.923. The zero-order valence-corrected chi connectivity index (χ0v) is 12.7. The molecule has 2 heterocycles. The summed E-state index contributed by atoms with van der Waals surface area (Å²) in [4.78, 5) is 16.9. The summed E-state index contributed by atoms with van der Waals surface area (Å²) >= 11 is 0. The molecule has 4 nitrogen and oxygen atoms in total. The van der Waals surface area contributed by atoms with Gasteiger partial charge in [0.05, 0.1) is 6.04 Å². The van der Waals surface area contributed by atoms with Crippen LogP contribution in [0.3, 0.4) is 0 Å². The van der Waals surface area contributed by atoms with Crippen LogP contribution < -0.4 is 4.90 Å². The molecule has 1 aromatic rings. The zero-order valence-electron chi connectivity index (χ0n) is 12.7. The van der Waals surface area contributed by atoms with E-state index < -0.39 is 0 Å². The van der Waals surface area contributed by atoms with Crippen LogP contribution in [0.4, 0.5) is 5.69 Å². The predicted molar refractivity (Wildman–Crippen MR) is 83.2 cm³/mol. The van der Waals surface area contributed by atoms with E-state index in [9.17, 15) is 9.90 Å². The lowest BCUT2D eigenvalue weighted by atomic mass is 9.82. The number of anilines is 1. The van der Waals surface area contributed by atoms with Crippen LogP contribution in [0.15, 0.2) is 30.3 Å². The first-order valence-electron chi connectivity index (χ1n) is 7.84. The minimum absolute atomic E-state index is 0.0172. The molecule has 1 amide bonds. The molecular formula is C17H24N2O2. The molecule has 0 saturated carbocycles. The van der Waals surface area contributed by atoms with Crippen molar-refractivity contribution in [3.8, 4) is 0 Å². The molecule has 2 saturated heterocycles. The number of hydrogen-bond donors (Lipinski definition) is 1. The van der Waals surface area contributed by atoms with E-state index in [0.29, 0.717) is 0 Å². The molecule has 0 spiro atoms. The highest BCUT2D eigenvalue weighted by Gasteiger charge is 2.41. The van der Waals surface area contributed by atoms with Crippen LogP contribution in [0.25, 0.3) is 0 Å². The molecular weight excluding hydrogens is 264 g/mol. The van der Waals surface area contributed by atoms with Crippen LogP contribution in [0.2, 0.25) is 0 Å². The second kappa shape index (κ2) is 5.78. The van der Waals surface area contributed by atoms with Crippen molar-refractivity contribution in [2.75, 3.05) is 31.1 Å². The van der Waals surface area contributed by atoms with Crippen LogP contribution >= 0.6 is 0 Å². The SMILES string of the molecule is CC1(CO)CCCN(C2CCN(c3ccccc3)C2=O)C1. The number of para-hydroxylation sites is 1. The molecule has 21 heavy (non-hydrogen) atoms. The Balaban J connectivity index is 1.72. The number of aliphatic hydroxyl groups is 1. The maximum atomic E-state index is 12.7. The van der Waals surface area contributed by atoms with Crippen LogP contribution in [0.5, 0.6) is 0 Å². The summed E-state index contributed by atoms with van der Waals surface area (Å²) in [5.41, 5.74) is 0.936. The minimum Gasteiger partial charge on any atom is -0.396 e. The molecule has 0 aromatic heterocycles. The second-order valence-corrected chi connectivity index (χ2v) is 6.67. The number of aliphatic hydroxyl groups excluding tert-OH is 1. The van der Waals surface area contributed by atoms with Crippen molar-refractivity contribution >= 4 is 11.6 Å². The van der Waals surface area contributed by atoms with E-state index in [2.05, 4.69) is 11.8 Å². The third-order valence-electron chi connectivity index (χ3n) is 4.88. The molecule has 0 aliphatic carbocycles. The molecule has 2 unspecified atom stereocenters. The lowest BCUT2D eigenvalue weighted by molar-refractivity contribution is -0.123. The monoisotopic (exact) mass is 288 g/mol. The van der Waals surface area contributed by atoms with Crippen molar-refractivity contribution in [2.45, 2.75) is 32.2 Å². The number of likely N-dealkylation sites (tertiary alicyclic amines) is 1. The van der Waals surface area contributed by atoms with Crippen LogP contribution in [0, 0.1) is 5.41 Å². The number of carbonyl (C=O) groups excluding carboxylic acids is 1. The van der Waals surface area contributed by atoms with E-state index in [1.807, 2.05) is 35.2 Å². The Morgan fingerprint density at radius 3 is 2.76 bits per heavy atom. The first-order chi connectivity index (χ1) is 10.1. The van der Waals surface area contributed by atoms with Gasteiger partial charge in [0.15, 0.2) is 0 Å². The van der Waals surface area contributed by atoms with Gasteiger partial charge in [-0.15, -0.1) is 0 Å². The number of carbonyl (C=O) groups is 1. The van der Waals surface area contributed by atoms with Gasteiger partial charge >= 0.3 is 0 Å². The van der Waals surface area contributed by atoms with E-state index >= 15 is 0 Å². The van der Waals surface area contributed by atoms with E-state index in [-0.39, 0.29) is 24.0 Å². The summed E-state index contributed by atoms with van der Waals surface area (Å²) in [6.45, 7) is 4.90. The molecule has 0 bridgehead atoms. The lowest BCUT2D eigenvalue weighted by Crippen LogP contribution is -2.51. The van der Waals surface area contributed by atoms with E-state index in [1.165, 1.54) is 0 Å². The molecule has 2 aliphatic rings. The molecule has 1 N–H and O–H groups in total. The van der Waals surface area contributed by atoms with Gasteiger partial charge in [-0.3, -0.25) is 9.69 Å². The molecule has 2 atom stereocenters. The van der Waals surface area contributed by atoms with Crippen molar-refractivity contribution in [2.24, 2.45) is 5.41 Å². The normalized spacial score (nSPS) is 30.9. The van der Waals surface area contributed by atoms with Crippen molar-refractivity contribution in [1.82, 2.24) is 4.90 Å². The van der Waals surface area contributed by atoms with Gasteiger partial charge in [-0.2, -0.15) is 0 Å². The molecule has 1 aromatic carbocycles. The number of hydrogen-bond acceptors (Lipinski definition) is 3. The highest BCUT2D eigenvalue weighted by molar-refractivity contribution is 5.99. The van der Waals surface area contributed by atoms with Gasteiger partial charge in [0.25, 0.3) is 0 Å². The molecule has 4 heteroatoms. The Bertz CT molecular complexity index is 505. The summed E-state index contributed by atoms with van der Waals surface area (Å²) < 4.78 is 0. The van der Waals surface area contributed by atoms with Gasteiger partial charge in [-0.25, -0.2) is 0 Å². The summed E-state index contributed by atoms with van der Waals surface area (Å²) in [6, 6.07) is 9.89. The first-order valence-corrected chi connectivity index (χ1v) is 7.84. The van der Waals surface area contributed by atoms with Gasteiger partial charge in [-0.05, 0) is 37.9 Å². The van der Waals surface area contributed by atoms with E-state index in [0.717, 1.165) is 44.6 Å². The van der Waals surface area contributed by atoms with E-state index in [1.54, 1.807) is 0 Å². The Morgan fingerprint density at radius 2 is 2.05 bits per heavy atom. The maximum Gasteiger partial charge on any atom is 0.244 e. The standard InChI is InChI=1S/C17H24N2O2/c1-17(13-20)9-5-10-18(12-17)15-8-11-19(16(15)21)14-6-3-2-4-7-14/h2-4,6-7,15,20H,5,8-13H2,1H3. The molecule has 2 aliphatic heterocycles. The number of piperidine rings is 1. The fourth-order valence-electron chi connectivity index (χ4n) is 3.62. The van der Waals surface area contributed by atoms with Crippen molar-refractivity contribution < 1.29 is 9.90 Å². The van der Waals surface area contributed by atoms with Crippen LogP contribution in [-0.2, 0) is 4.79 Å². The average molecular weight is 288 g/mol. The first kappa shape index (κ1) is 14.5. The highest BCUT2D eigenvalue weighted by Crippen LogP contribution is 2.33. The van der Waals surface area contributed by atoms with Gasteiger partial charge in [0.2, 0.25) is 5.91 Å². The Labute approximate surface area is 126 Å². The number of benzene rings is 1. The zero-order chi connectivity index (χ0) is 14.9. The van der Waals surface area contributed by atoms with Crippen LogP contribution in [-0.4, -0.2) is 48.2 Å². The number of amides is 1. The van der Waals surface area contributed by atoms with Crippen molar-refractivity contribution in [3.63, 3.8) is 0 Å². The summed E-state index contributed by atoms with van der Waals surface area (Å²) in [6.07, 6.45) is 2.99. The summed E-state index contributed by atoms with van der Waals surface area (Å²) in [5, 5.41) is 9.58. The third kappa shape index (κ3) is 2.83. The number of nitrogens with zero attached hydrogens (tertiary/aromatic N) is 2. The van der Waals surface area contributed by atoms with E-state index in [4.69, 9.17) is 0 Å². The second-order valence-electron chi connectivity index (χ2n) is 6.67. The minimum atomic E-state index is -0.0568. The molecule has 2 fully saturated rings. The predicted octanol–water partition coefficient (Wildman–Crippen LogP) is 1.89. The topological polar surface area (TPSA) is 43.8 Å². The Kier molecular flexibility index (Phi) is 4.00. The third-order valence-corrected chi connectivity index (χ3v) is 4.88. The fourth-order valence-corrected chi connectivity index (χ4v) is 3.62. The summed E-state index contributed by atoms with van der Waals surface area (Å²) in [7, 11) is 0. The van der Waals surface area contributed by atoms with Crippen LogP contribution in [0.1, 0.15) is 26.2 Å². The number of rotatable bonds is 3. The Hall–Kier alpha value is -1.39. The maximum absolute atomic E-state index is 12.7. The summed E-state index contributed by atoms with van der Waals surface area (Å²) in [5.74, 6) is 0.211. The Morgan fingerprint density at radius 1 is 1.29 bits per heavy atom. The van der Waals surface area contributed by atoms with Gasteiger partial charge in [0.1, 0.15) is 0 Å². The van der Waals surface area contributed by atoms with Gasteiger partial charge in [-0.1, -0.05) is 25.1 Å². The smallest absolute Gasteiger partial charge is 0.244 e. The largest absolute Gasteiger partial charge is 0.396 e. The van der Waals surface area contributed by atoms with Gasteiger partial charge in [0, 0.05) is 30.8 Å². The van der Waals surface area contributed by atoms with Gasteiger partial charge < -0.3 is 10.0 Å².